The van der Waals surface area contributed by atoms with E-state index in [1.165, 1.54) is 17.0 Å². The van der Waals surface area contributed by atoms with Gasteiger partial charge < -0.3 is 19.5 Å². The highest BCUT2D eigenvalue weighted by atomic mass is 19.1. The fourth-order valence-electron chi connectivity index (χ4n) is 4.42. The Morgan fingerprint density at radius 2 is 2.03 bits per heavy atom. The van der Waals surface area contributed by atoms with Crippen LogP contribution in [0, 0.1) is 12.7 Å². The molecule has 2 fully saturated rings. The van der Waals surface area contributed by atoms with Gasteiger partial charge in [0.1, 0.15) is 17.3 Å². The number of ether oxygens (including phenoxy) is 2. The molecule has 2 aromatic carbocycles. The third-order valence-electron chi connectivity index (χ3n) is 6.07. The summed E-state index contributed by atoms with van der Waals surface area (Å²) in [6.07, 6.45) is 2.25. The zero-order valence-electron chi connectivity index (χ0n) is 18.8. The quantitative estimate of drug-likeness (QED) is 0.379. The molecule has 0 bridgehead atoms. The summed E-state index contributed by atoms with van der Waals surface area (Å²) in [6, 6.07) is 10.0. The first kappa shape index (κ1) is 23.0. The Hall–Kier alpha value is -3.19. The second kappa shape index (κ2) is 9.75. The molecule has 1 amide bonds. The van der Waals surface area contributed by atoms with Gasteiger partial charge in [0.15, 0.2) is 0 Å². The maximum atomic E-state index is 14.9. The molecule has 1 N–H and O–H groups in total. The molecule has 2 aliphatic rings. The number of halogens is 1. The third kappa shape index (κ3) is 4.50. The predicted molar refractivity (Wildman–Crippen MR) is 121 cm³/mol. The lowest BCUT2D eigenvalue weighted by molar-refractivity contribution is -0.140. The molecule has 0 spiro atoms. The molecule has 2 unspecified atom stereocenters. The van der Waals surface area contributed by atoms with E-state index in [1.807, 2.05) is 13.8 Å². The van der Waals surface area contributed by atoms with Crippen LogP contribution in [0.2, 0.25) is 0 Å². The van der Waals surface area contributed by atoms with Gasteiger partial charge in [-0.3, -0.25) is 9.59 Å². The first-order chi connectivity index (χ1) is 15.9. The Kier molecular flexibility index (Phi) is 6.79. The van der Waals surface area contributed by atoms with Gasteiger partial charge in [0, 0.05) is 24.3 Å². The van der Waals surface area contributed by atoms with E-state index in [2.05, 4.69) is 0 Å². The summed E-state index contributed by atoms with van der Waals surface area (Å²) in [4.78, 5) is 27.4. The molecule has 7 heteroatoms. The molecule has 2 atom stereocenters. The van der Waals surface area contributed by atoms with E-state index in [0.717, 1.165) is 24.8 Å². The number of hydrogen-bond acceptors (Lipinski definition) is 5. The SMILES string of the molecule is CCCOc1ccc(/C(O)=C2\C(=O)C(=O)N(CC3CCCO3)C2c2ccccc2F)cc1C. The van der Waals surface area contributed by atoms with Gasteiger partial charge in [-0.25, -0.2) is 4.39 Å². The van der Waals surface area contributed by atoms with Gasteiger partial charge in [0.25, 0.3) is 11.7 Å². The van der Waals surface area contributed by atoms with Crippen molar-refractivity contribution in [2.45, 2.75) is 45.3 Å². The van der Waals surface area contributed by atoms with Crippen molar-refractivity contribution in [3.63, 3.8) is 0 Å². The molecule has 0 aliphatic carbocycles. The third-order valence-corrected chi connectivity index (χ3v) is 6.07. The van der Waals surface area contributed by atoms with Gasteiger partial charge in [-0.15, -0.1) is 0 Å². The number of aliphatic hydroxyl groups is 1. The molecule has 2 aromatic rings. The highest BCUT2D eigenvalue weighted by molar-refractivity contribution is 6.46. The van der Waals surface area contributed by atoms with Crippen molar-refractivity contribution in [1.29, 1.82) is 0 Å². The average Bonchev–Trinajstić information content (AvgIpc) is 3.41. The number of carbonyl (C=O) groups excluding carboxylic acids is 2. The Morgan fingerprint density at radius 1 is 1.24 bits per heavy atom. The molecule has 0 saturated carbocycles. The molecule has 6 nitrogen and oxygen atoms in total. The molecule has 0 radical (unpaired) electrons. The Bertz CT molecular complexity index is 1090. The first-order valence-corrected chi connectivity index (χ1v) is 11.3. The molecular formula is C26H28FNO5. The van der Waals surface area contributed by atoms with Gasteiger partial charge in [-0.1, -0.05) is 25.1 Å². The van der Waals surface area contributed by atoms with E-state index in [9.17, 15) is 19.1 Å². The van der Waals surface area contributed by atoms with Gasteiger partial charge in [0.2, 0.25) is 0 Å². The summed E-state index contributed by atoms with van der Waals surface area (Å²) < 4.78 is 26.2. The van der Waals surface area contributed by atoms with Crippen LogP contribution in [0.5, 0.6) is 5.75 Å². The van der Waals surface area contributed by atoms with Crippen molar-refractivity contribution in [2.24, 2.45) is 0 Å². The number of nitrogens with zero attached hydrogens (tertiary/aromatic N) is 1. The van der Waals surface area contributed by atoms with Gasteiger partial charge in [0.05, 0.1) is 24.3 Å². The van der Waals surface area contributed by atoms with Crippen molar-refractivity contribution in [1.82, 2.24) is 4.90 Å². The van der Waals surface area contributed by atoms with Crippen molar-refractivity contribution in [3.8, 4) is 5.75 Å². The summed E-state index contributed by atoms with van der Waals surface area (Å²) in [7, 11) is 0. The molecule has 2 heterocycles. The molecule has 0 aromatic heterocycles. The second-order valence-electron chi connectivity index (χ2n) is 8.44. The molecule has 2 aliphatic heterocycles. The van der Waals surface area contributed by atoms with Crippen molar-refractivity contribution in [2.75, 3.05) is 19.8 Å². The minimum atomic E-state index is -1.04. The molecule has 4 rings (SSSR count). The van der Waals surface area contributed by atoms with E-state index in [0.29, 0.717) is 24.5 Å². The summed E-state index contributed by atoms with van der Waals surface area (Å²) in [5, 5.41) is 11.2. The van der Waals surface area contributed by atoms with Crippen LogP contribution >= 0.6 is 0 Å². The number of likely N-dealkylation sites (tertiary alicyclic amines) is 1. The maximum Gasteiger partial charge on any atom is 0.295 e. The Morgan fingerprint density at radius 3 is 2.70 bits per heavy atom. The Balaban J connectivity index is 1.79. The van der Waals surface area contributed by atoms with Crippen LogP contribution in [0.3, 0.4) is 0 Å². The highest BCUT2D eigenvalue weighted by Gasteiger charge is 2.47. The van der Waals surface area contributed by atoms with Gasteiger partial charge in [-0.2, -0.15) is 0 Å². The van der Waals surface area contributed by atoms with Crippen LogP contribution in [0.15, 0.2) is 48.0 Å². The zero-order valence-corrected chi connectivity index (χ0v) is 18.8. The van der Waals surface area contributed by atoms with E-state index in [-0.39, 0.29) is 29.5 Å². The van der Waals surface area contributed by atoms with Crippen LogP contribution in [0.4, 0.5) is 4.39 Å². The number of aryl methyl sites for hydroxylation is 1. The van der Waals surface area contributed by atoms with Crippen molar-refractivity contribution in [3.05, 3.63) is 70.5 Å². The zero-order chi connectivity index (χ0) is 23.5. The minimum Gasteiger partial charge on any atom is -0.507 e. The largest absolute Gasteiger partial charge is 0.507 e. The van der Waals surface area contributed by atoms with Crippen LogP contribution in [0.1, 0.15) is 48.9 Å². The number of aliphatic hydroxyl groups excluding tert-OH is 1. The van der Waals surface area contributed by atoms with Crippen LogP contribution < -0.4 is 4.74 Å². The van der Waals surface area contributed by atoms with Crippen molar-refractivity contribution < 1.29 is 28.6 Å². The topological polar surface area (TPSA) is 76.1 Å². The number of hydrogen-bond donors (Lipinski definition) is 1. The normalized spacial score (nSPS) is 22.2. The standard InChI is InChI=1S/C26H28FNO5/c1-3-12-33-21-11-10-17(14-16(21)2)24(29)22-23(19-8-4-5-9-20(19)27)28(26(31)25(22)30)15-18-7-6-13-32-18/h4-5,8-11,14,18,23,29H,3,6-7,12-13,15H2,1-2H3/b24-22+. The summed E-state index contributed by atoms with van der Waals surface area (Å²) >= 11 is 0. The summed E-state index contributed by atoms with van der Waals surface area (Å²) in [5.41, 5.74) is 1.19. The molecule has 2 saturated heterocycles. The second-order valence-corrected chi connectivity index (χ2v) is 8.44. The number of amides is 1. The van der Waals surface area contributed by atoms with Gasteiger partial charge in [-0.05, 0) is 56.0 Å². The molecular weight excluding hydrogens is 425 g/mol. The van der Waals surface area contributed by atoms with E-state index >= 15 is 0 Å². The number of Topliss-reactive ketones (excluding diaryl/α,β-unsaturated/α-hetero) is 1. The smallest absolute Gasteiger partial charge is 0.295 e. The lowest BCUT2D eigenvalue weighted by Gasteiger charge is -2.27. The fraction of sp³-hybridized carbons (Fsp3) is 0.385. The Labute approximate surface area is 192 Å². The lowest BCUT2D eigenvalue weighted by Crippen LogP contribution is -2.36. The monoisotopic (exact) mass is 453 g/mol. The maximum absolute atomic E-state index is 14.9. The summed E-state index contributed by atoms with van der Waals surface area (Å²) in [5.74, 6) is -1.80. The summed E-state index contributed by atoms with van der Waals surface area (Å²) in [6.45, 7) is 5.15. The molecule has 33 heavy (non-hydrogen) atoms. The minimum absolute atomic E-state index is 0.121. The van der Waals surface area contributed by atoms with Gasteiger partial charge >= 0.3 is 0 Å². The number of benzene rings is 2. The van der Waals surface area contributed by atoms with E-state index < -0.39 is 23.5 Å². The first-order valence-electron chi connectivity index (χ1n) is 11.3. The van der Waals surface area contributed by atoms with Crippen LogP contribution in [-0.2, 0) is 14.3 Å². The highest BCUT2D eigenvalue weighted by Crippen LogP contribution is 2.41. The molecule has 174 valence electrons. The predicted octanol–water partition coefficient (Wildman–Crippen LogP) is 4.52. The van der Waals surface area contributed by atoms with Crippen LogP contribution in [-0.4, -0.2) is 47.6 Å². The van der Waals surface area contributed by atoms with Crippen LogP contribution in [0.25, 0.3) is 5.76 Å². The fourth-order valence-corrected chi connectivity index (χ4v) is 4.42. The average molecular weight is 454 g/mol. The number of ketones is 1. The van der Waals surface area contributed by atoms with Crippen molar-refractivity contribution >= 4 is 17.4 Å². The van der Waals surface area contributed by atoms with E-state index in [1.54, 1.807) is 30.3 Å². The lowest BCUT2D eigenvalue weighted by atomic mass is 9.94. The number of rotatable bonds is 7. The van der Waals surface area contributed by atoms with E-state index in [4.69, 9.17) is 9.47 Å². The number of carbonyl (C=O) groups is 2.